The zero-order valence-electron chi connectivity index (χ0n) is 9.46. The van der Waals surface area contributed by atoms with Crippen molar-refractivity contribution in [3.8, 4) is 0 Å². The van der Waals surface area contributed by atoms with Crippen LogP contribution < -0.4 is 5.32 Å². The maximum Gasteiger partial charge on any atom is 0.261 e. The summed E-state index contributed by atoms with van der Waals surface area (Å²) in [5.41, 5.74) is 0. The fourth-order valence-electron chi connectivity index (χ4n) is 1.17. The standard InChI is InChI=1S/C10H13Br2NO2S2/c1-6(3-4-17(2)15)13-10(14)8-5-7(11)9(12)16-8/h5-6H,3-4H2,1-2H3,(H,13,14). The van der Waals surface area contributed by atoms with Gasteiger partial charge in [0, 0.05) is 33.3 Å². The molecule has 1 rings (SSSR count). The van der Waals surface area contributed by atoms with Crippen molar-refractivity contribution in [3.63, 3.8) is 0 Å². The Morgan fingerprint density at radius 1 is 1.59 bits per heavy atom. The van der Waals surface area contributed by atoms with E-state index in [9.17, 15) is 9.00 Å². The van der Waals surface area contributed by atoms with Crippen LogP contribution in [0.1, 0.15) is 23.0 Å². The normalized spacial score (nSPS) is 14.4. The molecule has 0 aliphatic rings. The molecular formula is C10H13Br2NO2S2. The van der Waals surface area contributed by atoms with Crippen molar-refractivity contribution >= 4 is 59.9 Å². The predicted octanol–water partition coefficient (Wildman–Crippen LogP) is 3.16. The minimum atomic E-state index is -0.809. The molecule has 1 aromatic rings. The number of amides is 1. The highest BCUT2D eigenvalue weighted by molar-refractivity contribution is 9.13. The molecule has 1 heterocycles. The number of hydrogen-bond acceptors (Lipinski definition) is 3. The van der Waals surface area contributed by atoms with Crippen molar-refractivity contribution in [2.24, 2.45) is 0 Å². The first-order chi connectivity index (χ1) is 7.90. The second-order valence-electron chi connectivity index (χ2n) is 3.67. The van der Waals surface area contributed by atoms with Crippen LogP contribution >= 0.6 is 43.2 Å². The number of nitrogens with one attached hydrogen (secondary N) is 1. The van der Waals surface area contributed by atoms with Crippen LogP contribution in [-0.2, 0) is 10.8 Å². The fourth-order valence-corrected chi connectivity index (χ4v) is 3.79. The lowest BCUT2D eigenvalue weighted by molar-refractivity contribution is 0.0943. The van der Waals surface area contributed by atoms with Crippen LogP contribution in [-0.4, -0.2) is 28.2 Å². The first kappa shape index (κ1) is 15.3. The van der Waals surface area contributed by atoms with E-state index < -0.39 is 10.8 Å². The van der Waals surface area contributed by atoms with Crippen LogP contribution in [0.3, 0.4) is 0 Å². The first-order valence-electron chi connectivity index (χ1n) is 4.96. The average molecular weight is 403 g/mol. The molecule has 3 nitrogen and oxygen atoms in total. The van der Waals surface area contributed by atoms with Gasteiger partial charge in [-0.05, 0) is 51.3 Å². The maximum atomic E-state index is 11.8. The summed E-state index contributed by atoms with van der Waals surface area (Å²) in [6, 6.07) is 1.82. The monoisotopic (exact) mass is 401 g/mol. The van der Waals surface area contributed by atoms with Crippen LogP contribution in [0.15, 0.2) is 14.3 Å². The Bertz CT molecular complexity index is 414. The van der Waals surface area contributed by atoms with Crippen molar-refractivity contribution in [2.75, 3.05) is 12.0 Å². The number of thiophene rings is 1. The third-order valence-corrected chi connectivity index (χ3v) is 6.15. The Morgan fingerprint density at radius 2 is 2.24 bits per heavy atom. The van der Waals surface area contributed by atoms with Gasteiger partial charge in [-0.1, -0.05) is 0 Å². The summed E-state index contributed by atoms with van der Waals surface area (Å²) in [7, 11) is -0.809. The minimum Gasteiger partial charge on any atom is -0.349 e. The van der Waals surface area contributed by atoms with E-state index in [2.05, 4.69) is 37.2 Å². The highest BCUT2D eigenvalue weighted by Gasteiger charge is 2.14. The van der Waals surface area contributed by atoms with Gasteiger partial charge in [0.25, 0.3) is 5.91 Å². The molecule has 0 radical (unpaired) electrons. The van der Waals surface area contributed by atoms with E-state index in [0.29, 0.717) is 10.6 Å². The number of carbonyl (C=O) groups is 1. The molecule has 2 atom stereocenters. The molecule has 0 aliphatic heterocycles. The molecule has 0 bridgehead atoms. The molecular weight excluding hydrogens is 390 g/mol. The lowest BCUT2D eigenvalue weighted by Gasteiger charge is -2.11. The van der Waals surface area contributed by atoms with Crippen molar-refractivity contribution in [3.05, 3.63) is 19.2 Å². The van der Waals surface area contributed by atoms with Gasteiger partial charge in [0.1, 0.15) is 0 Å². The average Bonchev–Trinajstić information content (AvgIpc) is 2.56. The minimum absolute atomic E-state index is 0.0334. The summed E-state index contributed by atoms with van der Waals surface area (Å²) in [4.78, 5) is 12.5. The molecule has 0 aliphatic carbocycles. The Labute approximate surface area is 124 Å². The molecule has 0 fully saturated rings. The van der Waals surface area contributed by atoms with E-state index in [0.717, 1.165) is 14.7 Å². The Morgan fingerprint density at radius 3 is 2.71 bits per heavy atom. The van der Waals surface area contributed by atoms with Crippen molar-refractivity contribution < 1.29 is 9.00 Å². The molecule has 1 amide bonds. The Balaban J connectivity index is 2.51. The fraction of sp³-hybridized carbons (Fsp3) is 0.500. The van der Waals surface area contributed by atoms with Gasteiger partial charge in [-0.15, -0.1) is 11.3 Å². The van der Waals surface area contributed by atoms with E-state index in [1.165, 1.54) is 11.3 Å². The molecule has 7 heteroatoms. The molecule has 1 aromatic heterocycles. The second-order valence-corrected chi connectivity index (χ2v) is 8.45. The molecule has 17 heavy (non-hydrogen) atoms. The van der Waals surface area contributed by atoms with Gasteiger partial charge in [-0.2, -0.15) is 0 Å². The largest absolute Gasteiger partial charge is 0.349 e. The summed E-state index contributed by atoms with van der Waals surface area (Å²) in [5, 5.41) is 2.89. The lowest BCUT2D eigenvalue weighted by atomic mass is 10.2. The number of carbonyl (C=O) groups excluding carboxylic acids is 1. The third-order valence-electron chi connectivity index (χ3n) is 2.08. The predicted molar refractivity (Wildman–Crippen MR) is 80.2 cm³/mol. The zero-order chi connectivity index (χ0) is 13.0. The van der Waals surface area contributed by atoms with E-state index in [1.54, 1.807) is 12.3 Å². The maximum absolute atomic E-state index is 11.8. The molecule has 2 unspecified atom stereocenters. The lowest BCUT2D eigenvalue weighted by Crippen LogP contribution is -2.33. The summed E-state index contributed by atoms with van der Waals surface area (Å²) < 4.78 is 12.7. The van der Waals surface area contributed by atoms with Gasteiger partial charge in [0.2, 0.25) is 0 Å². The van der Waals surface area contributed by atoms with E-state index >= 15 is 0 Å². The van der Waals surface area contributed by atoms with Crippen LogP contribution in [0.4, 0.5) is 0 Å². The highest BCUT2D eigenvalue weighted by atomic mass is 79.9. The molecule has 0 saturated carbocycles. The van der Waals surface area contributed by atoms with E-state index in [4.69, 9.17) is 0 Å². The number of halogens is 2. The molecule has 0 aromatic carbocycles. The van der Waals surface area contributed by atoms with Crippen molar-refractivity contribution in [1.29, 1.82) is 0 Å². The van der Waals surface area contributed by atoms with Gasteiger partial charge in [0.15, 0.2) is 0 Å². The number of hydrogen-bond donors (Lipinski definition) is 1. The molecule has 1 N–H and O–H groups in total. The van der Waals surface area contributed by atoms with Crippen LogP contribution in [0.5, 0.6) is 0 Å². The molecule has 0 saturated heterocycles. The van der Waals surface area contributed by atoms with Gasteiger partial charge >= 0.3 is 0 Å². The Kier molecular flexibility index (Phi) is 6.33. The van der Waals surface area contributed by atoms with E-state index in [1.807, 2.05) is 6.92 Å². The summed E-state index contributed by atoms with van der Waals surface area (Å²) in [5.74, 6) is 0.523. The first-order valence-corrected chi connectivity index (χ1v) is 9.09. The smallest absolute Gasteiger partial charge is 0.261 e. The van der Waals surface area contributed by atoms with Crippen LogP contribution in [0, 0.1) is 0 Å². The SMILES string of the molecule is CC(CCS(C)=O)NC(=O)c1cc(Br)c(Br)s1. The quantitative estimate of drug-likeness (QED) is 0.822. The number of rotatable bonds is 5. The summed E-state index contributed by atoms with van der Waals surface area (Å²) >= 11 is 8.08. The third kappa shape index (κ3) is 5.19. The van der Waals surface area contributed by atoms with E-state index in [-0.39, 0.29) is 11.9 Å². The van der Waals surface area contributed by atoms with Gasteiger partial charge < -0.3 is 5.32 Å². The highest BCUT2D eigenvalue weighted by Crippen LogP contribution is 2.32. The summed E-state index contributed by atoms with van der Waals surface area (Å²) in [6.45, 7) is 1.92. The van der Waals surface area contributed by atoms with Crippen LogP contribution in [0.2, 0.25) is 0 Å². The van der Waals surface area contributed by atoms with Gasteiger partial charge in [-0.3, -0.25) is 9.00 Å². The molecule has 96 valence electrons. The van der Waals surface area contributed by atoms with Gasteiger partial charge in [0.05, 0.1) is 8.66 Å². The summed E-state index contributed by atoms with van der Waals surface area (Å²) in [6.07, 6.45) is 2.39. The van der Waals surface area contributed by atoms with Crippen molar-refractivity contribution in [2.45, 2.75) is 19.4 Å². The topological polar surface area (TPSA) is 46.2 Å². The van der Waals surface area contributed by atoms with Crippen LogP contribution in [0.25, 0.3) is 0 Å². The Hall–Kier alpha value is 0.280. The van der Waals surface area contributed by atoms with Crippen molar-refractivity contribution in [1.82, 2.24) is 5.32 Å². The molecule has 0 spiro atoms. The second kappa shape index (κ2) is 7.01. The van der Waals surface area contributed by atoms with Gasteiger partial charge in [-0.25, -0.2) is 0 Å². The zero-order valence-corrected chi connectivity index (χ0v) is 14.3.